The van der Waals surface area contributed by atoms with Crippen molar-refractivity contribution < 1.29 is 9.90 Å². The Bertz CT molecular complexity index is 412. The molecule has 112 valence electrons. The first-order valence-electron chi connectivity index (χ1n) is 7.03. The Kier molecular flexibility index (Phi) is 6.17. The Morgan fingerprint density at radius 2 is 1.95 bits per heavy atom. The Labute approximate surface area is 121 Å². The number of nitrogens with one attached hydrogen (secondary N) is 1. The minimum absolute atomic E-state index is 0.0169. The van der Waals surface area contributed by atoms with Crippen LogP contribution in [0.3, 0.4) is 0 Å². The van der Waals surface area contributed by atoms with Crippen LogP contribution in [-0.4, -0.2) is 41.7 Å². The molecule has 0 aliphatic carbocycles. The Balaban J connectivity index is 2.34. The third kappa shape index (κ3) is 6.68. The first kappa shape index (κ1) is 16.7. The van der Waals surface area contributed by atoms with E-state index < -0.39 is 5.60 Å². The molecule has 1 amide bonds. The molecule has 0 aliphatic heterocycles. The molecule has 0 fully saturated rings. The van der Waals surface area contributed by atoms with Crippen LogP contribution >= 0.6 is 0 Å². The minimum atomic E-state index is -0.734. The second-order valence-electron chi connectivity index (χ2n) is 6.00. The SMILES string of the molecule is CC(NC(=O)CCN(C)CC(C)(C)O)c1ccccc1. The van der Waals surface area contributed by atoms with Crippen LogP contribution in [0, 0.1) is 0 Å². The summed E-state index contributed by atoms with van der Waals surface area (Å²) in [5.74, 6) is 0.0314. The number of aliphatic hydroxyl groups is 1. The molecule has 20 heavy (non-hydrogen) atoms. The maximum absolute atomic E-state index is 11.9. The van der Waals surface area contributed by atoms with Crippen LogP contribution in [0.4, 0.5) is 0 Å². The fraction of sp³-hybridized carbons (Fsp3) is 0.562. The summed E-state index contributed by atoms with van der Waals surface area (Å²) in [7, 11) is 1.91. The summed E-state index contributed by atoms with van der Waals surface area (Å²) in [5, 5.41) is 12.7. The zero-order chi connectivity index (χ0) is 15.2. The van der Waals surface area contributed by atoms with E-state index in [-0.39, 0.29) is 11.9 Å². The van der Waals surface area contributed by atoms with Crippen LogP contribution in [0.5, 0.6) is 0 Å². The largest absolute Gasteiger partial charge is 0.389 e. The lowest BCUT2D eigenvalue weighted by Crippen LogP contribution is -2.38. The van der Waals surface area contributed by atoms with Gasteiger partial charge in [0.15, 0.2) is 0 Å². The third-order valence-corrected chi connectivity index (χ3v) is 3.05. The van der Waals surface area contributed by atoms with Gasteiger partial charge in [-0.15, -0.1) is 0 Å². The molecule has 0 saturated heterocycles. The number of benzene rings is 1. The zero-order valence-electron chi connectivity index (χ0n) is 12.9. The van der Waals surface area contributed by atoms with Crippen LogP contribution in [0.2, 0.25) is 0 Å². The molecule has 1 aromatic rings. The molecule has 4 nitrogen and oxygen atoms in total. The highest BCUT2D eigenvalue weighted by atomic mass is 16.3. The second-order valence-corrected chi connectivity index (χ2v) is 6.00. The van der Waals surface area contributed by atoms with Crippen molar-refractivity contribution in [1.82, 2.24) is 10.2 Å². The molecule has 0 heterocycles. The van der Waals surface area contributed by atoms with Gasteiger partial charge in [-0.2, -0.15) is 0 Å². The van der Waals surface area contributed by atoms with Gasteiger partial charge >= 0.3 is 0 Å². The first-order valence-corrected chi connectivity index (χ1v) is 7.03. The number of carbonyl (C=O) groups is 1. The van der Waals surface area contributed by atoms with Gasteiger partial charge in [-0.25, -0.2) is 0 Å². The normalized spacial score (nSPS) is 13.3. The predicted octanol–water partition coefficient (Wildman–Crippen LogP) is 1.96. The van der Waals surface area contributed by atoms with Crippen molar-refractivity contribution in [2.45, 2.75) is 38.8 Å². The fourth-order valence-electron chi connectivity index (χ4n) is 2.17. The van der Waals surface area contributed by atoms with E-state index in [1.54, 1.807) is 13.8 Å². The smallest absolute Gasteiger partial charge is 0.221 e. The number of amides is 1. The van der Waals surface area contributed by atoms with Gasteiger partial charge in [0.1, 0.15) is 0 Å². The average Bonchev–Trinajstić information content (AvgIpc) is 2.35. The van der Waals surface area contributed by atoms with Gasteiger partial charge in [0, 0.05) is 19.5 Å². The van der Waals surface area contributed by atoms with Crippen molar-refractivity contribution in [3.05, 3.63) is 35.9 Å². The molecule has 1 rings (SSSR count). The van der Waals surface area contributed by atoms with Gasteiger partial charge in [-0.05, 0) is 33.4 Å². The number of nitrogens with zero attached hydrogens (tertiary/aromatic N) is 1. The summed E-state index contributed by atoms with van der Waals surface area (Å²) in [6.07, 6.45) is 0.434. The molecule has 0 aliphatic rings. The van der Waals surface area contributed by atoms with Crippen molar-refractivity contribution in [3.8, 4) is 0 Å². The van der Waals surface area contributed by atoms with E-state index in [0.29, 0.717) is 19.5 Å². The lowest BCUT2D eigenvalue weighted by Gasteiger charge is -2.25. The predicted molar refractivity (Wildman–Crippen MR) is 81.4 cm³/mol. The van der Waals surface area contributed by atoms with Crippen molar-refractivity contribution in [1.29, 1.82) is 0 Å². The van der Waals surface area contributed by atoms with Crippen LogP contribution in [0.1, 0.15) is 38.8 Å². The summed E-state index contributed by atoms with van der Waals surface area (Å²) < 4.78 is 0. The molecule has 1 aromatic carbocycles. The summed E-state index contributed by atoms with van der Waals surface area (Å²) in [5.41, 5.74) is 0.369. The number of carbonyl (C=O) groups excluding carboxylic acids is 1. The van der Waals surface area contributed by atoms with Crippen molar-refractivity contribution in [2.75, 3.05) is 20.1 Å². The minimum Gasteiger partial charge on any atom is -0.389 e. The maximum atomic E-state index is 11.9. The molecule has 0 radical (unpaired) electrons. The second kappa shape index (κ2) is 7.41. The molecule has 2 N–H and O–H groups in total. The van der Waals surface area contributed by atoms with Crippen LogP contribution in [0.15, 0.2) is 30.3 Å². The lowest BCUT2D eigenvalue weighted by molar-refractivity contribution is -0.122. The quantitative estimate of drug-likeness (QED) is 0.801. The highest BCUT2D eigenvalue weighted by molar-refractivity contribution is 5.76. The first-order chi connectivity index (χ1) is 9.28. The Hall–Kier alpha value is -1.39. The van der Waals surface area contributed by atoms with Gasteiger partial charge in [-0.1, -0.05) is 30.3 Å². The van der Waals surface area contributed by atoms with Gasteiger partial charge in [0.05, 0.1) is 11.6 Å². The monoisotopic (exact) mass is 278 g/mol. The number of hydrogen-bond donors (Lipinski definition) is 2. The van der Waals surface area contributed by atoms with Crippen LogP contribution in [0.25, 0.3) is 0 Å². The summed E-state index contributed by atoms with van der Waals surface area (Å²) in [6, 6.07) is 9.92. The average molecular weight is 278 g/mol. The molecule has 0 bridgehead atoms. The number of hydrogen-bond acceptors (Lipinski definition) is 3. The highest BCUT2D eigenvalue weighted by Gasteiger charge is 2.16. The fourth-order valence-corrected chi connectivity index (χ4v) is 2.17. The number of rotatable bonds is 7. The van der Waals surface area contributed by atoms with Gasteiger partial charge in [0.2, 0.25) is 5.91 Å². The van der Waals surface area contributed by atoms with Crippen LogP contribution in [-0.2, 0) is 4.79 Å². The van der Waals surface area contributed by atoms with Crippen molar-refractivity contribution in [2.24, 2.45) is 0 Å². The lowest BCUT2D eigenvalue weighted by atomic mass is 10.1. The van der Waals surface area contributed by atoms with E-state index in [9.17, 15) is 9.90 Å². The summed E-state index contributed by atoms with van der Waals surface area (Å²) in [4.78, 5) is 13.9. The highest BCUT2D eigenvalue weighted by Crippen LogP contribution is 2.11. The van der Waals surface area contributed by atoms with Crippen LogP contribution < -0.4 is 5.32 Å². The summed E-state index contributed by atoms with van der Waals surface area (Å²) >= 11 is 0. The van der Waals surface area contributed by atoms with Crippen molar-refractivity contribution in [3.63, 3.8) is 0 Å². The molecule has 1 atom stereocenters. The van der Waals surface area contributed by atoms with E-state index in [0.717, 1.165) is 5.56 Å². The van der Waals surface area contributed by atoms with E-state index in [4.69, 9.17) is 0 Å². The molecule has 0 aromatic heterocycles. The van der Waals surface area contributed by atoms with E-state index in [2.05, 4.69) is 5.32 Å². The van der Waals surface area contributed by atoms with E-state index in [1.165, 1.54) is 0 Å². The molecular weight excluding hydrogens is 252 g/mol. The topological polar surface area (TPSA) is 52.6 Å². The molecule has 4 heteroatoms. The van der Waals surface area contributed by atoms with Gasteiger partial charge in [-0.3, -0.25) is 4.79 Å². The molecular formula is C16H26N2O2. The zero-order valence-corrected chi connectivity index (χ0v) is 12.9. The molecule has 0 saturated carbocycles. The molecule has 0 spiro atoms. The van der Waals surface area contributed by atoms with E-state index in [1.807, 2.05) is 49.2 Å². The molecule has 1 unspecified atom stereocenters. The Morgan fingerprint density at radius 1 is 1.35 bits per heavy atom. The van der Waals surface area contributed by atoms with Crippen molar-refractivity contribution >= 4 is 5.91 Å². The summed E-state index contributed by atoms with van der Waals surface area (Å²) in [6.45, 7) is 6.70. The third-order valence-electron chi connectivity index (χ3n) is 3.05. The van der Waals surface area contributed by atoms with Gasteiger partial charge in [0.25, 0.3) is 0 Å². The Morgan fingerprint density at radius 3 is 2.50 bits per heavy atom. The maximum Gasteiger partial charge on any atom is 0.221 e. The van der Waals surface area contributed by atoms with E-state index >= 15 is 0 Å². The standard InChI is InChI=1S/C16H26N2O2/c1-13(14-8-6-5-7-9-14)17-15(19)10-11-18(4)12-16(2,3)20/h5-9,13,20H,10-12H2,1-4H3,(H,17,19). The van der Waals surface area contributed by atoms with Gasteiger partial charge < -0.3 is 15.3 Å². The number of likely N-dealkylation sites (N-methyl/N-ethyl adjacent to an activating group) is 1.